The summed E-state index contributed by atoms with van der Waals surface area (Å²) in [5.74, 6) is -2.78. The highest BCUT2D eigenvalue weighted by molar-refractivity contribution is 6.43. The standard InChI is InChI=1S/C31H38F2N6O3/c1-20(36-26-11-12-35-30(26)41)17-27(29(34)40)37-21(2)22-5-8-25(9-6-22)42-28-10-7-24(31(3,32)33)18-23(28)19-39-15-13-38(4)14-16-39/h5-10,17-18,26,36H,2,11-16,19H2,1,3-4H3,(H2,34,40)(H,35,41)/b20-17+,37-27?. The molecule has 2 aliphatic rings. The van der Waals surface area contributed by atoms with Crippen molar-refractivity contribution in [3.05, 3.63) is 77.5 Å². The number of alkyl halides is 2. The number of carbonyl (C=O) groups excluding carboxylic acids is 2. The van der Waals surface area contributed by atoms with Crippen LogP contribution in [0, 0.1) is 0 Å². The number of carbonyl (C=O) groups is 2. The van der Waals surface area contributed by atoms with Gasteiger partial charge in [-0.2, -0.15) is 0 Å². The number of benzene rings is 2. The largest absolute Gasteiger partial charge is 0.457 e. The number of aliphatic imine (C=N–C) groups is 1. The Hall–Kier alpha value is -4.09. The summed E-state index contributed by atoms with van der Waals surface area (Å²) in [4.78, 5) is 32.7. The normalized spacial score (nSPS) is 19.0. The SMILES string of the molecule is C=C(N=C(/C=C(\C)NC1CCNC1=O)C(N)=O)c1ccc(Oc2ccc(C(C)(F)F)cc2CN2CCN(C)CC2)cc1. The van der Waals surface area contributed by atoms with Gasteiger partial charge in [0.25, 0.3) is 11.8 Å². The van der Waals surface area contributed by atoms with Crippen LogP contribution in [0.25, 0.3) is 5.70 Å². The van der Waals surface area contributed by atoms with Crippen LogP contribution in [0.3, 0.4) is 0 Å². The zero-order valence-corrected chi connectivity index (χ0v) is 24.3. The van der Waals surface area contributed by atoms with Crippen molar-refractivity contribution >= 4 is 23.2 Å². The van der Waals surface area contributed by atoms with Gasteiger partial charge in [-0.1, -0.05) is 6.58 Å². The predicted molar refractivity (Wildman–Crippen MR) is 159 cm³/mol. The Bertz CT molecular complexity index is 1380. The lowest BCUT2D eigenvalue weighted by molar-refractivity contribution is -0.120. The van der Waals surface area contributed by atoms with Crippen molar-refractivity contribution in [1.29, 1.82) is 0 Å². The van der Waals surface area contributed by atoms with Gasteiger partial charge in [-0.15, -0.1) is 0 Å². The van der Waals surface area contributed by atoms with Crippen molar-refractivity contribution in [1.82, 2.24) is 20.4 Å². The van der Waals surface area contributed by atoms with Gasteiger partial charge in [0.05, 0.1) is 5.70 Å². The van der Waals surface area contributed by atoms with Crippen LogP contribution in [-0.4, -0.2) is 73.1 Å². The Morgan fingerprint density at radius 2 is 1.90 bits per heavy atom. The molecule has 0 bridgehead atoms. The van der Waals surface area contributed by atoms with Crippen molar-refractivity contribution in [2.45, 2.75) is 38.8 Å². The number of hydrogen-bond donors (Lipinski definition) is 3. The van der Waals surface area contributed by atoms with E-state index >= 15 is 0 Å². The second-order valence-corrected chi connectivity index (χ2v) is 10.8. The number of rotatable bonds is 11. The van der Waals surface area contributed by atoms with Crippen LogP contribution < -0.4 is 21.1 Å². The molecule has 42 heavy (non-hydrogen) atoms. The van der Waals surface area contributed by atoms with E-state index in [9.17, 15) is 18.4 Å². The van der Waals surface area contributed by atoms with Crippen molar-refractivity contribution in [2.75, 3.05) is 39.8 Å². The fraction of sp³-hybridized carbons (Fsp3) is 0.387. The lowest BCUT2D eigenvalue weighted by Crippen LogP contribution is -2.43. The van der Waals surface area contributed by atoms with E-state index in [1.54, 1.807) is 37.3 Å². The molecule has 2 saturated heterocycles. The molecule has 224 valence electrons. The fourth-order valence-electron chi connectivity index (χ4n) is 4.79. The summed E-state index contributed by atoms with van der Waals surface area (Å²) in [5.41, 5.74) is 7.69. The van der Waals surface area contributed by atoms with E-state index in [-0.39, 0.29) is 23.2 Å². The number of likely N-dealkylation sites (N-methyl/N-ethyl adjacent to an activating group) is 1. The quantitative estimate of drug-likeness (QED) is 0.350. The summed E-state index contributed by atoms with van der Waals surface area (Å²) in [5, 5.41) is 5.82. The predicted octanol–water partition coefficient (Wildman–Crippen LogP) is 3.62. The van der Waals surface area contributed by atoms with Gasteiger partial charge >= 0.3 is 0 Å². The third kappa shape index (κ3) is 8.23. The van der Waals surface area contributed by atoms with Crippen molar-refractivity contribution in [2.24, 2.45) is 10.7 Å². The maximum absolute atomic E-state index is 14.1. The van der Waals surface area contributed by atoms with E-state index in [2.05, 4.69) is 39.1 Å². The first-order valence-electron chi connectivity index (χ1n) is 13.9. The summed E-state index contributed by atoms with van der Waals surface area (Å²) in [7, 11) is 2.07. The molecule has 2 aromatic rings. The number of halogens is 2. The number of ether oxygens (including phenoxy) is 1. The Morgan fingerprint density at radius 3 is 2.50 bits per heavy atom. The van der Waals surface area contributed by atoms with Crippen LogP contribution in [0.5, 0.6) is 11.5 Å². The van der Waals surface area contributed by atoms with Crippen LogP contribution in [0.1, 0.15) is 37.0 Å². The van der Waals surface area contributed by atoms with Crippen LogP contribution in [0.4, 0.5) is 8.78 Å². The van der Waals surface area contributed by atoms with E-state index in [4.69, 9.17) is 10.5 Å². The highest BCUT2D eigenvalue weighted by Gasteiger charge is 2.27. The van der Waals surface area contributed by atoms with Crippen LogP contribution >= 0.6 is 0 Å². The van der Waals surface area contributed by atoms with Crippen molar-refractivity contribution < 1.29 is 23.1 Å². The molecule has 2 aliphatic heterocycles. The topological polar surface area (TPSA) is 112 Å². The van der Waals surface area contributed by atoms with E-state index in [0.717, 1.165) is 33.1 Å². The highest BCUT2D eigenvalue weighted by atomic mass is 19.3. The van der Waals surface area contributed by atoms with Gasteiger partial charge < -0.3 is 26.0 Å². The molecule has 2 aromatic carbocycles. The van der Waals surface area contributed by atoms with Gasteiger partial charge in [0.1, 0.15) is 23.3 Å². The Balaban J connectivity index is 1.49. The molecule has 1 atom stereocenters. The molecular formula is C31H38F2N6O3. The van der Waals surface area contributed by atoms with Crippen LogP contribution in [0.15, 0.2) is 65.8 Å². The summed E-state index contributed by atoms with van der Waals surface area (Å²) >= 11 is 0. The van der Waals surface area contributed by atoms with Gasteiger partial charge in [0.2, 0.25) is 5.91 Å². The maximum Gasteiger partial charge on any atom is 0.270 e. The van der Waals surface area contributed by atoms with Gasteiger partial charge in [0, 0.05) is 63.0 Å². The second-order valence-electron chi connectivity index (χ2n) is 10.8. The molecule has 2 heterocycles. The van der Waals surface area contributed by atoms with Gasteiger partial charge in [-0.25, -0.2) is 13.8 Å². The zero-order chi connectivity index (χ0) is 30.4. The summed E-state index contributed by atoms with van der Waals surface area (Å²) < 4.78 is 34.4. The Labute approximate surface area is 245 Å². The molecule has 9 nitrogen and oxygen atoms in total. The molecule has 0 saturated carbocycles. The molecular weight excluding hydrogens is 542 g/mol. The number of primary amides is 1. The van der Waals surface area contributed by atoms with E-state index in [0.29, 0.717) is 53.5 Å². The Morgan fingerprint density at radius 1 is 1.21 bits per heavy atom. The third-order valence-corrected chi connectivity index (χ3v) is 7.28. The average Bonchev–Trinajstić information content (AvgIpc) is 3.34. The lowest BCUT2D eigenvalue weighted by atomic mass is 10.0. The minimum absolute atomic E-state index is 0.00917. The second kappa shape index (κ2) is 13.3. The first kappa shape index (κ1) is 30.9. The van der Waals surface area contributed by atoms with E-state index < -0.39 is 11.8 Å². The first-order chi connectivity index (χ1) is 19.9. The number of nitrogens with two attached hydrogens (primary N) is 1. The van der Waals surface area contributed by atoms with Crippen molar-refractivity contribution in [3.63, 3.8) is 0 Å². The number of nitrogens with one attached hydrogen (secondary N) is 2. The molecule has 4 rings (SSSR count). The molecule has 0 spiro atoms. The number of allylic oxidation sites excluding steroid dienone is 1. The number of amides is 2. The van der Waals surface area contributed by atoms with E-state index in [1.165, 1.54) is 18.2 Å². The maximum atomic E-state index is 14.1. The summed E-state index contributed by atoms with van der Waals surface area (Å²) in [6, 6.07) is 11.1. The molecule has 1 unspecified atom stereocenters. The van der Waals surface area contributed by atoms with Crippen LogP contribution in [0.2, 0.25) is 0 Å². The molecule has 4 N–H and O–H groups in total. The summed E-state index contributed by atoms with van der Waals surface area (Å²) in [6.45, 7) is 11.2. The summed E-state index contributed by atoms with van der Waals surface area (Å²) in [6.07, 6.45) is 2.13. The molecule has 0 aromatic heterocycles. The zero-order valence-electron chi connectivity index (χ0n) is 24.3. The van der Waals surface area contributed by atoms with Crippen molar-refractivity contribution in [3.8, 4) is 11.5 Å². The highest BCUT2D eigenvalue weighted by Crippen LogP contribution is 2.34. The molecule has 0 radical (unpaired) electrons. The number of piperazine rings is 1. The van der Waals surface area contributed by atoms with Gasteiger partial charge in [-0.3, -0.25) is 14.5 Å². The molecule has 11 heteroatoms. The lowest BCUT2D eigenvalue weighted by Gasteiger charge is -2.32. The van der Waals surface area contributed by atoms with Gasteiger partial charge in [0.15, 0.2) is 0 Å². The molecule has 0 aliphatic carbocycles. The van der Waals surface area contributed by atoms with E-state index in [1.807, 2.05) is 0 Å². The third-order valence-electron chi connectivity index (χ3n) is 7.28. The Kier molecular flexibility index (Phi) is 9.74. The fourth-order valence-corrected chi connectivity index (χ4v) is 4.79. The minimum atomic E-state index is -2.96. The van der Waals surface area contributed by atoms with Gasteiger partial charge in [-0.05, 0) is 74.5 Å². The first-order valence-corrected chi connectivity index (χ1v) is 13.9. The average molecular weight is 581 g/mol. The van der Waals surface area contributed by atoms with Crippen LogP contribution in [-0.2, 0) is 22.1 Å². The number of hydrogen-bond acceptors (Lipinski definition) is 7. The molecule has 2 amide bonds. The number of nitrogens with zero attached hydrogens (tertiary/aromatic N) is 3. The molecule has 2 fully saturated rings. The monoisotopic (exact) mass is 580 g/mol. The smallest absolute Gasteiger partial charge is 0.270 e. The minimum Gasteiger partial charge on any atom is -0.457 e.